The first-order valence-corrected chi connectivity index (χ1v) is 6.39. The minimum atomic E-state index is -0.745. The monoisotopic (exact) mass is 274 g/mol. The fraction of sp³-hybridized carbons (Fsp3) is 0.385. The number of nitrogens with zero attached hydrogens (tertiary/aromatic N) is 4. The van der Waals surface area contributed by atoms with Crippen LogP contribution in [0.3, 0.4) is 0 Å². The number of carbonyl (C=O) groups is 1. The quantitative estimate of drug-likeness (QED) is 0.870. The SMILES string of the molecule is O=C(O)CC1CN(Cc2nc(-c3ccccn3)no2)C1. The molecule has 0 bridgehead atoms. The number of aromatic nitrogens is 3. The molecule has 7 heteroatoms. The van der Waals surface area contributed by atoms with Crippen LogP contribution in [0.5, 0.6) is 0 Å². The Balaban J connectivity index is 1.56. The molecule has 2 aromatic heterocycles. The van der Waals surface area contributed by atoms with Crippen LogP contribution in [0.25, 0.3) is 11.5 Å². The summed E-state index contributed by atoms with van der Waals surface area (Å²) in [6.07, 6.45) is 1.90. The van der Waals surface area contributed by atoms with Crippen LogP contribution in [0.2, 0.25) is 0 Å². The second-order valence-corrected chi connectivity index (χ2v) is 4.88. The van der Waals surface area contributed by atoms with Crippen LogP contribution in [0.4, 0.5) is 0 Å². The zero-order valence-electron chi connectivity index (χ0n) is 10.8. The van der Waals surface area contributed by atoms with Crippen molar-refractivity contribution in [2.75, 3.05) is 13.1 Å². The fourth-order valence-electron chi connectivity index (χ4n) is 2.29. The number of pyridine rings is 1. The zero-order valence-corrected chi connectivity index (χ0v) is 10.8. The van der Waals surface area contributed by atoms with E-state index in [4.69, 9.17) is 9.63 Å². The van der Waals surface area contributed by atoms with Crippen molar-refractivity contribution < 1.29 is 14.4 Å². The highest BCUT2D eigenvalue weighted by atomic mass is 16.5. The third-order valence-corrected chi connectivity index (χ3v) is 3.22. The average molecular weight is 274 g/mol. The summed E-state index contributed by atoms with van der Waals surface area (Å²) in [6, 6.07) is 5.51. The van der Waals surface area contributed by atoms with Gasteiger partial charge in [-0.05, 0) is 18.1 Å². The van der Waals surface area contributed by atoms with Crippen LogP contribution < -0.4 is 0 Å². The summed E-state index contributed by atoms with van der Waals surface area (Å²) in [5.41, 5.74) is 0.676. The fourth-order valence-corrected chi connectivity index (χ4v) is 2.29. The van der Waals surface area contributed by atoms with E-state index in [0.717, 1.165) is 13.1 Å². The molecule has 1 aliphatic heterocycles. The van der Waals surface area contributed by atoms with Crippen molar-refractivity contribution in [3.05, 3.63) is 30.3 Å². The van der Waals surface area contributed by atoms with Gasteiger partial charge in [0.15, 0.2) is 0 Å². The van der Waals surface area contributed by atoms with Gasteiger partial charge in [0.1, 0.15) is 5.69 Å². The van der Waals surface area contributed by atoms with Crippen LogP contribution in [0, 0.1) is 5.92 Å². The zero-order chi connectivity index (χ0) is 13.9. The molecule has 0 radical (unpaired) electrons. The van der Waals surface area contributed by atoms with Gasteiger partial charge in [0.2, 0.25) is 11.7 Å². The van der Waals surface area contributed by atoms with Crippen molar-refractivity contribution in [3.8, 4) is 11.5 Å². The Hall–Kier alpha value is -2.28. The van der Waals surface area contributed by atoms with Gasteiger partial charge in [-0.15, -0.1) is 0 Å². The van der Waals surface area contributed by atoms with E-state index in [1.54, 1.807) is 6.20 Å². The number of aliphatic carboxylic acids is 1. The van der Waals surface area contributed by atoms with Gasteiger partial charge in [-0.3, -0.25) is 14.7 Å². The molecule has 7 nitrogen and oxygen atoms in total. The molecular weight excluding hydrogens is 260 g/mol. The lowest BCUT2D eigenvalue weighted by atomic mass is 9.97. The molecule has 104 valence electrons. The smallest absolute Gasteiger partial charge is 0.303 e. The standard InChI is InChI=1S/C13H14N4O3/c18-12(19)5-9-6-17(7-9)8-11-15-13(16-20-11)10-3-1-2-4-14-10/h1-4,9H,5-8H2,(H,18,19). The number of likely N-dealkylation sites (tertiary alicyclic amines) is 1. The van der Waals surface area contributed by atoms with Crippen LogP contribution >= 0.6 is 0 Å². The maximum Gasteiger partial charge on any atom is 0.303 e. The van der Waals surface area contributed by atoms with E-state index in [-0.39, 0.29) is 12.3 Å². The Morgan fingerprint density at radius 2 is 2.30 bits per heavy atom. The molecule has 0 aliphatic carbocycles. The molecule has 0 aromatic carbocycles. The molecule has 20 heavy (non-hydrogen) atoms. The topological polar surface area (TPSA) is 92.3 Å². The number of rotatable bonds is 5. The molecule has 2 aromatic rings. The van der Waals surface area contributed by atoms with Crippen molar-refractivity contribution >= 4 is 5.97 Å². The Bertz CT molecular complexity index is 593. The van der Waals surface area contributed by atoms with Gasteiger partial charge in [0, 0.05) is 19.3 Å². The highest BCUT2D eigenvalue weighted by molar-refractivity contribution is 5.67. The maximum absolute atomic E-state index is 10.6. The van der Waals surface area contributed by atoms with Crippen molar-refractivity contribution in [1.29, 1.82) is 0 Å². The van der Waals surface area contributed by atoms with E-state index in [0.29, 0.717) is 24.0 Å². The van der Waals surface area contributed by atoms with Gasteiger partial charge in [0.25, 0.3) is 0 Å². The summed E-state index contributed by atoms with van der Waals surface area (Å²) in [4.78, 5) is 21.1. The van der Waals surface area contributed by atoms with Gasteiger partial charge in [-0.25, -0.2) is 0 Å². The second kappa shape index (κ2) is 5.38. The molecule has 0 spiro atoms. The third kappa shape index (κ3) is 2.83. The second-order valence-electron chi connectivity index (χ2n) is 4.88. The number of carboxylic acids is 1. The van der Waals surface area contributed by atoms with Crippen LogP contribution in [-0.4, -0.2) is 44.2 Å². The van der Waals surface area contributed by atoms with E-state index in [2.05, 4.69) is 20.0 Å². The Labute approximate surface area is 115 Å². The van der Waals surface area contributed by atoms with E-state index in [1.807, 2.05) is 18.2 Å². The molecule has 1 N–H and O–H groups in total. The van der Waals surface area contributed by atoms with Crippen LogP contribution in [-0.2, 0) is 11.3 Å². The highest BCUT2D eigenvalue weighted by Crippen LogP contribution is 2.21. The molecule has 1 saturated heterocycles. The largest absolute Gasteiger partial charge is 0.481 e. The first kappa shape index (κ1) is 12.7. The number of hydrogen-bond acceptors (Lipinski definition) is 6. The lowest BCUT2D eigenvalue weighted by Gasteiger charge is -2.37. The predicted octanol–water partition coefficient (Wildman–Crippen LogP) is 1.04. The van der Waals surface area contributed by atoms with Gasteiger partial charge in [-0.1, -0.05) is 11.2 Å². The minimum absolute atomic E-state index is 0.222. The third-order valence-electron chi connectivity index (χ3n) is 3.22. The van der Waals surface area contributed by atoms with Crippen LogP contribution in [0.15, 0.2) is 28.9 Å². The Kier molecular flexibility index (Phi) is 3.42. The van der Waals surface area contributed by atoms with E-state index >= 15 is 0 Å². The molecule has 0 unspecified atom stereocenters. The van der Waals surface area contributed by atoms with Gasteiger partial charge in [0.05, 0.1) is 13.0 Å². The molecule has 0 amide bonds. The van der Waals surface area contributed by atoms with Crippen molar-refractivity contribution in [3.63, 3.8) is 0 Å². The van der Waals surface area contributed by atoms with Gasteiger partial charge in [-0.2, -0.15) is 4.98 Å². The normalized spacial score (nSPS) is 16.0. The first-order chi connectivity index (χ1) is 9.70. The lowest BCUT2D eigenvalue weighted by molar-refractivity contribution is -0.139. The van der Waals surface area contributed by atoms with E-state index < -0.39 is 5.97 Å². The molecule has 3 rings (SSSR count). The highest BCUT2D eigenvalue weighted by Gasteiger charge is 2.29. The van der Waals surface area contributed by atoms with E-state index in [9.17, 15) is 4.79 Å². The average Bonchev–Trinajstić information content (AvgIpc) is 2.85. The summed E-state index contributed by atoms with van der Waals surface area (Å²) in [6.45, 7) is 2.07. The van der Waals surface area contributed by atoms with Crippen molar-refractivity contribution in [2.45, 2.75) is 13.0 Å². The Morgan fingerprint density at radius 3 is 3.00 bits per heavy atom. The molecule has 0 atom stereocenters. The molecule has 3 heterocycles. The van der Waals surface area contributed by atoms with Gasteiger partial charge < -0.3 is 9.63 Å². The maximum atomic E-state index is 10.6. The predicted molar refractivity (Wildman–Crippen MR) is 68.5 cm³/mol. The summed E-state index contributed by atoms with van der Waals surface area (Å²) >= 11 is 0. The summed E-state index contributed by atoms with van der Waals surface area (Å²) in [7, 11) is 0. The Morgan fingerprint density at radius 1 is 1.45 bits per heavy atom. The van der Waals surface area contributed by atoms with E-state index in [1.165, 1.54) is 0 Å². The molecule has 1 fully saturated rings. The lowest BCUT2D eigenvalue weighted by Crippen LogP contribution is -2.46. The van der Waals surface area contributed by atoms with Gasteiger partial charge >= 0.3 is 5.97 Å². The number of hydrogen-bond donors (Lipinski definition) is 1. The molecular formula is C13H14N4O3. The summed E-state index contributed by atoms with van der Waals surface area (Å²) < 4.78 is 5.18. The first-order valence-electron chi connectivity index (χ1n) is 6.39. The molecule has 0 saturated carbocycles. The summed E-state index contributed by atoms with van der Waals surface area (Å²) in [5, 5.41) is 12.6. The number of carboxylic acid groups (broad SMARTS) is 1. The van der Waals surface area contributed by atoms with Crippen LogP contribution in [0.1, 0.15) is 12.3 Å². The summed E-state index contributed by atoms with van der Waals surface area (Å²) in [5.74, 6) is 0.484. The minimum Gasteiger partial charge on any atom is -0.481 e. The molecule has 1 aliphatic rings. The van der Waals surface area contributed by atoms with Crippen molar-refractivity contribution in [1.82, 2.24) is 20.0 Å². The van der Waals surface area contributed by atoms with Crippen molar-refractivity contribution in [2.24, 2.45) is 5.92 Å².